The minimum atomic E-state index is -4.04. The number of halogens is 3. The summed E-state index contributed by atoms with van der Waals surface area (Å²) in [5, 5.41) is 0. The zero-order chi connectivity index (χ0) is 14.8. The Morgan fingerprint density at radius 1 is 1.29 bits per heavy atom. The Labute approximate surface area is 129 Å². The molecule has 0 spiro atoms. The summed E-state index contributed by atoms with van der Waals surface area (Å²) in [7, 11) is -4.04. The Hall–Kier alpha value is -0.760. The van der Waals surface area contributed by atoms with Gasteiger partial charge in [-0.1, -0.05) is 6.42 Å². The van der Waals surface area contributed by atoms with Crippen LogP contribution >= 0.6 is 12.4 Å². The third-order valence-corrected chi connectivity index (χ3v) is 5.01. The van der Waals surface area contributed by atoms with Crippen LogP contribution in [0.25, 0.3) is 0 Å². The summed E-state index contributed by atoms with van der Waals surface area (Å²) < 4.78 is 52.8. The third kappa shape index (κ3) is 4.88. The Morgan fingerprint density at radius 2 is 2.00 bits per heavy atom. The van der Waals surface area contributed by atoms with E-state index in [4.69, 9.17) is 5.73 Å². The third-order valence-electron chi connectivity index (χ3n) is 3.57. The lowest BCUT2D eigenvalue weighted by Gasteiger charge is -2.26. The largest absolute Gasteiger partial charge is 0.328 e. The molecule has 1 aliphatic rings. The van der Waals surface area contributed by atoms with Gasteiger partial charge in [0.25, 0.3) is 0 Å². The van der Waals surface area contributed by atoms with E-state index in [-0.39, 0.29) is 30.9 Å². The first-order valence-electron chi connectivity index (χ1n) is 6.59. The average molecular weight is 341 g/mol. The first-order valence-corrected chi connectivity index (χ1v) is 8.07. The molecule has 1 aromatic carbocycles. The average Bonchev–Trinajstić information content (AvgIpc) is 2.39. The molecule has 1 aromatic rings. The van der Waals surface area contributed by atoms with Crippen molar-refractivity contribution in [3.8, 4) is 0 Å². The standard InChI is InChI=1S/C13H18F2N2O2S.ClH/c14-10-4-5-12(15)13(7-10)20(18,19)17-8-9-2-1-3-11(16)6-9;/h4-5,7,9,11,17H,1-3,6,8,16H2;1H. The number of benzene rings is 1. The van der Waals surface area contributed by atoms with E-state index in [1.807, 2.05) is 0 Å². The van der Waals surface area contributed by atoms with Crippen LogP contribution in [0.3, 0.4) is 0 Å². The summed E-state index contributed by atoms with van der Waals surface area (Å²) in [5.41, 5.74) is 5.83. The molecule has 0 amide bonds. The molecule has 3 N–H and O–H groups in total. The van der Waals surface area contributed by atoms with Crippen molar-refractivity contribution in [2.45, 2.75) is 36.6 Å². The molecular formula is C13H19ClF2N2O2S. The Morgan fingerprint density at radius 3 is 2.67 bits per heavy atom. The second-order valence-corrected chi connectivity index (χ2v) is 6.95. The Balaban J connectivity index is 0.00000220. The van der Waals surface area contributed by atoms with Crippen molar-refractivity contribution >= 4 is 22.4 Å². The summed E-state index contributed by atoms with van der Waals surface area (Å²) in [4.78, 5) is -0.655. The first-order chi connectivity index (χ1) is 9.38. The number of nitrogens with two attached hydrogens (primary N) is 1. The second kappa shape index (κ2) is 7.49. The molecule has 0 saturated heterocycles. The molecule has 2 rings (SSSR count). The molecule has 1 saturated carbocycles. The zero-order valence-electron chi connectivity index (χ0n) is 11.4. The highest BCUT2D eigenvalue weighted by Crippen LogP contribution is 2.23. The molecule has 8 heteroatoms. The van der Waals surface area contributed by atoms with Crippen molar-refractivity contribution in [3.05, 3.63) is 29.8 Å². The van der Waals surface area contributed by atoms with E-state index < -0.39 is 26.6 Å². The van der Waals surface area contributed by atoms with Crippen LogP contribution in [-0.4, -0.2) is 21.0 Å². The van der Waals surface area contributed by atoms with Gasteiger partial charge >= 0.3 is 0 Å². The number of hydrogen-bond acceptors (Lipinski definition) is 3. The van der Waals surface area contributed by atoms with Gasteiger partial charge in [-0.05, 0) is 43.4 Å². The van der Waals surface area contributed by atoms with Crippen LogP contribution in [0.15, 0.2) is 23.1 Å². The van der Waals surface area contributed by atoms with Crippen molar-refractivity contribution in [1.29, 1.82) is 0 Å². The van der Waals surface area contributed by atoms with E-state index in [2.05, 4.69) is 4.72 Å². The molecule has 1 aliphatic carbocycles. The highest BCUT2D eigenvalue weighted by Gasteiger charge is 2.24. The van der Waals surface area contributed by atoms with Gasteiger partial charge in [0.1, 0.15) is 16.5 Å². The van der Waals surface area contributed by atoms with Crippen LogP contribution in [-0.2, 0) is 10.0 Å². The molecule has 2 unspecified atom stereocenters. The molecule has 2 atom stereocenters. The van der Waals surface area contributed by atoms with E-state index >= 15 is 0 Å². The van der Waals surface area contributed by atoms with Gasteiger partial charge in [-0.3, -0.25) is 0 Å². The smallest absolute Gasteiger partial charge is 0.243 e. The van der Waals surface area contributed by atoms with Gasteiger partial charge in [0, 0.05) is 12.6 Å². The first kappa shape index (κ1) is 18.3. The Kier molecular flexibility index (Phi) is 6.52. The SMILES string of the molecule is Cl.NC1CCCC(CNS(=O)(=O)c2cc(F)ccc2F)C1. The molecule has 0 bridgehead atoms. The Bertz CT molecular complexity index is 584. The van der Waals surface area contributed by atoms with E-state index in [1.165, 1.54) is 0 Å². The van der Waals surface area contributed by atoms with Crippen LogP contribution < -0.4 is 10.5 Å². The number of hydrogen-bond donors (Lipinski definition) is 2. The van der Waals surface area contributed by atoms with Gasteiger partial charge in [-0.2, -0.15) is 0 Å². The maximum atomic E-state index is 13.5. The van der Waals surface area contributed by atoms with Crippen molar-refractivity contribution in [2.24, 2.45) is 11.7 Å². The molecule has 0 heterocycles. The summed E-state index contributed by atoms with van der Waals surface area (Å²) in [6.07, 6.45) is 3.54. The van der Waals surface area contributed by atoms with Crippen molar-refractivity contribution in [3.63, 3.8) is 0 Å². The maximum absolute atomic E-state index is 13.5. The summed E-state index contributed by atoms with van der Waals surface area (Å²) in [5.74, 6) is -1.60. The fraction of sp³-hybridized carbons (Fsp3) is 0.538. The lowest BCUT2D eigenvalue weighted by atomic mass is 9.86. The van der Waals surface area contributed by atoms with Gasteiger partial charge in [0.15, 0.2) is 0 Å². The fourth-order valence-corrected chi connectivity index (χ4v) is 3.71. The van der Waals surface area contributed by atoms with Gasteiger partial charge < -0.3 is 5.73 Å². The fourth-order valence-electron chi connectivity index (χ4n) is 2.51. The minimum absolute atomic E-state index is 0. The molecule has 21 heavy (non-hydrogen) atoms. The van der Waals surface area contributed by atoms with E-state index in [1.54, 1.807) is 0 Å². The molecule has 1 fully saturated rings. The minimum Gasteiger partial charge on any atom is -0.328 e. The van der Waals surface area contributed by atoms with Gasteiger partial charge in [0.05, 0.1) is 0 Å². The van der Waals surface area contributed by atoms with Crippen LogP contribution in [0.5, 0.6) is 0 Å². The molecule has 0 radical (unpaired) electrons. The lowest BCUT2D eigenvalue weighted by molar-refractivity contribution is 0.322. The predicted molar refractivity (Wildman–Crippen MR) is 78.7 cm³/mol. The van der Waals surface area contributed by atoms with E-state index in [0.29, 0.717) is 6.07 Å². The second-order valence-electron chi connectivity index (χ2n) is 5.22. The van der Waals surface area contributed by atoms with Crippen LogP contribution in [0.1, 0.15) is 25.7 Å². The summed E-state index contributed by atoms with van der Waals surface area (Å²) in [6.45, 7) is 0.200. The highest BCUT2D eigenvalue weighted by atomic mass is 35.5. The topological polar surface area (TPSA) is 72.2 Å². The number of rotatable bonds is 4. The molecular weight excluding hydrogens is 322 g/mol. The van der Waals surface area contributed by atoms with Crippen LogP contribution in [0, 0.1) is 17.6 Å². The quantitative estimate of drug-likeness (QED) is 0.882. The molecule has 4 nitrogen and oxygen atoms in total. The van der Waals surface area contributed by atoms with Crippen molar-refractivity contribution in [1.82, 2.24) is 4.72 Å². The summed E-state index contributed by atoms with van der Waals surface area (Å²) >= 11 is 0. The van der Waals surface area contributed by atoms with Crippen molar-refractivity contribution < 1.29 is 17.2 Å². The van der Waals surface area contributed by atoms with Gasteiger partial charge in [-0.25, -0.2) is 21.9 Å². The molecule has 0 aliphatic heterocycles. The van der Waals surface area contributed by atoms with Crippen molar-refractivity contribution in [2.75, 3.05) is 6.54 Å². The van der Waals surface area contributed by atoms with Crippen LogP contribution in [0.4, 0.5) is 8.78 Å². The number of nitrogens with one attached hydrogen (secondary N) is 1. The predicted octanol–water partition coefficient (Wildman–Crippen LogP) is 2.18. The van der Waals surface area contributed by atoms with Gasteiger partial charge in [-0.15, -0.1) is 12.4 Å². The molecule has 0 aromatic heterocycles. The van der Waals surface area contributed by atoms with Crippen LogP contribution in [0.2, 0.25) is 0 Å². The zero-order valence-corrected chi connectivity index (χ0v) is 13.0. The van der Waals surface area contributed by atoms with Gasteiger partial charge in [0.2, 0.25) is 10.0 Å². The summed E-state index contributed by atoms with van der Waals surface area (Å²) in [6, 6.07) is 2.46. The molecule has 120 valence electrons. The normalized spacial score (nSPS) is 22.6. The van der Waals surface area contributed by atoms with E-state index in [9.17, 15) is 17.2 Å². The lowest BCUT2D eigenvalue weighted by Crippen LogP contribution is -2.35. The maximum Gasteiger partial charge on any atom is 0.243 e. The monoisotopic (exact) mass is 340 g/mol. The van der Waals surface area contributed by atoms with E-state index in [0.717, 1.165) is 37.8 Å². The number of sulfonamides is 1. The highest BCUT2D eigenvalue weighted by molar-refractivity contribution is 7.89.